The summed E-state index contributed by atoms with van der Waals surface area (Å²) in [6, 6.07) is 0. The third-order valence-electron chi connectivity index (χ3n) is 8.97. The molecule has 5 N–H and O–H groups in total. The predicted molar refractivity (Wildman–Crippen MR) is 118 cm³/mol. The summed E-state index contributed by atoms with van der Waals surface area (Å²) >= 11 is 0. The van der Waals surface area contributed by atoms with Crippen LogP contribution in [0.2, 0.25) is 0 Å². The molecule has 31 heavy (non-hydrogen) atoms. The highest BCUT2D eigenvalue weighted by molar-refractivity contribution is 5.94. The van der Waals surface area contributed by atoms with Crippen molar-refractivity contribution in [2.75, 3.05) is 6.61 Å². The number of fused-ring (bicyclic) bond motifs is 5. The maximum absolute atomic E-state index is 10.5. The maximum atomic E-state index is 10.5. The molecule has 7 nitrogen and oxygen atoms in total. The number of aromatic nitrogens is 2. The number of hydrogen-bond donors (Lipinski definition) is 4. The molecule has 5 unspecified atom stereocenters. The summed E-state index contributed by atoms with van der Waals surface area (Å²) in [5.41, 5.74) is 8.17. The van der Waals surface area contributed by atoms with E-state index in [1.165, 1.54) is 38.5 Å². The molecule has 1 aromatic rings. The second-order valence-electron chi connectivity index (χ2n) is 10.4. The number of allylic oxidation sites excluding steroid dienone is 2. The Morgan fingerprint density at radius 2 is 1.97 bits per heavy atom. The maximum Gasteiger partial charge on any atom is 0.229 e. The summed E-state index contributed by atoms with van der Waals surface area (Å²) in [6.45, 7) is 5.13. The molecule has 5 rings (SSSR count). The molecule has 0 amide bonds. The summed E-state index contributed by atoms with van der Waals surface area (Å²) in [5.74, 6) is 3.27. The lowest BCUT2D eigenvalue weighted by atomic mass is 9.47. The minimum Gasteiger partial charge on any atom is -0.396 e. The summed E-state index contributed by atoms with van der Waals surface area (Å²) in [6.07, 6.45) is 11.9. The van der Waals surface area contributed by atoms with E-state index < -0.39 is 0 Å². The molecular weight excluding hydrogens is 392 g/mol. The normalized spacial score (nSPS) is 39.0. The van der Waals surface area contributed by atoms with E-state index in [0.717, 1.165) is 36.3 Å². The van der Waals surface area contributed by atoms with Crippen LogP contribution in [-0.4, -0.2) is 38.8 Å². The third-order valence-corrected chi connectivity index (χ3v) is 8.97. The fraction of sp³-hybridized carbons (Fsp3) is 0.792. The SMILES string of the molecule is CC12CCC3C(CCC4=CC(=N)CC[C@@]43C)C1CCC2O.NCc1noc(CCO)n1. The molecule has 3 fully saturated rings. The summed E-state index contributed by atoms with van der Waals surface area (Å²) in [5, 5.41) is 30.4. The highest BCUT2D eigenvalue weighted by atomic mass is 16.5. The van der Waals surface area contributed by atoms with Gasteiger partial charge in [-0.15, -0.1) is 0 Å². The molecule has 0 spiro atoms. The van der Waals surface area contributed by atoms with Crippen molar-refractivity contribution in [3.05, 3.63) is 23.4 Å². The average Bonchev–Trinajstić information content (AvgIpc) is 3.33. The number of nitrogens with two attached hydrogens (primary N) is 1. The van der Waals surface area contributed by atoms with Gasteiger partial charge in [0.05, 0.1) is 25.7 Å². The van der Waals surface area contributed by atoms with Gasteiger partial charge in [-0.1, -0.05) is 24.6 Å². The van der Waals surface area contributed by atoms with E-state index in [9.17, 15) is 5.11 Å². The van der Waals surface area contributed by atoms with E-state index in [2.05, 4.69) is 30.1 Å². The van der Waals surface area contributed by atoms with Gasteiger partial charge in [0.25, 0.3) is 0 Å². The predicted octanol–water partition coefficient (Wildman–Crippen LogP) is 3.39. The Morgan fingerprint density at radius 1 is 1.16 bits per heavy atom. The second-order valence-corrected chi connectivity index (χ2v) is 10.4. The van der Waals surface area contributed by atoms with Crippen molar-refractivity contribution in [2.45, 2.75) is 84.3 Å². The van der Waals surface area contributed by atoms with E-state index in [4.69, 9.17) is 20.8 Å². The highest BCUT2D eigenvalue weighted by Crippen LogP contribution is 2.65. The van der Waals surface area contributed by atoms with Crippen LogP contribution in [0.4, 0.5) is 0 Å². The van der Waals surface area contributed by atoms with Crippen molar-refractivity contribution in [1.82, 2.24) is 10.1 Å². The number of hydrogen-bond acceptors (Lipinski definition) is 7. The zero-order chi connectivity index (χ0) is 22.2. The first-order chi connectivity index (χ1) is 14.8. The summed E-state index contributed by atoms with van der Waals surface area (Å²) < 4.78 is 4.69. The van der Waals surface area contributed by atoms with Crippen molar-refractivity contribution in [2.24, 2.45) is 34.3 Å². The molecule has 172 valence electrons. The lowest BCUT2D eigenvalue weighted by Gasteiger charge is -2.57. The third kappa shape index (κ3) is 4.00. The van der Waals surface area contributed by atoms with Crippen molar-refractivity contribution in [1.29, 1.82) is 5.41 Å². The zero-order valence-electron chi connectivity index (χ0n) is 18.9. The second kappa shape index (κ2) is 8.75. The van der Waals surface area contributed by atoms with Crippen molar-refractivity contribution in [3.8, 4) is 0 Å². The smallest absolute Gasteiger partial charge is 0.229 e. The Kier molecular flexibility index (Phi) is 6.39. The van der Waals surface area contributed by atoms with Crippen molar-refractivity contribution >= 4 is 5.71 Å². The molecule has 7 heteroatoms. The van der Waals surface area contributed by atoms with Gasteiger partial charge in [0.2, 0.25) is 5.89 Å². The van der Waals surface area contributed by atoms with Gasteiger partial charge in [0, 0.05) is 5.71 Å². The largest absolute Gasteiger partial charge is 0.396 e. The molecule has 0 bridgehead atoms. The molecule has 0 radical (unpaired) electrons. The first-order valence-corrected chi connectivity index (χ1v) is 11.9. The van der Waals surface area contributed by atoms with E-state index in [1.807, 2.05) is 0 Å². The van der Waals surface area contributed by atoms with Crippen LogP contribution in [0.1, 0.15) is 76.9 Å². The van der Waals surface area contributed by atoms with Gasteiger partial charge in [-0.05, 0) is 86.0 Å². The van der Waals surface area contributed by atoms with Crippen LogP contribution in [0, 0.1) is 34.0 Å². The number of nitrogens with one attached hydrogen (secondary N) is 1. The number of rotatable bonds is 3. The molecule has 0 aliphatic heterocycles. The van der Waals surface area contributed by atoms with Gasteiger partial charge < -0.3 is 25.9 Å². The van der Waals surface area contributed by atoms with E-state index in [-0.39, 0.29) is 24.7 Å². The highest BCUT2D eigenvalue weighted by Gasteiger charge is 2.58. The number of nitrogens with zero attached hydrogens (tertiary/aromatic N) is 2. The molecular formula is C24H38N4O3. The van der Waals surface area contributed by atoms with E-state index >= 15 is 0 Å². The monoisotopic (exact) mass is 430 g/mol. The van der Waals surface area contributed by atoms with Crippen molar-refractivity contribution in [3.63, 3.8) is 0 Å². The zero-order valence-corrected chi connectivity index (χ0v) is 18.9. The summed E-state index contributed by atoms with van der Waals surface area (Å²) in [4.78, 5) is 3.86. The quantitative estimate of drug-likeness (QED) is 0.582. The summed E-state index contributed by atoms with van der Waals surface area (Å²) in [7, 11) is 0. The Labute approximate surface area is 185 Å². The lowest BCUT2D eigenvalue weighted by Crippen LogP contribution is -2.51. The number of aliphatic hydroxyl groups excluding tert-OH is 2. The van der Waals surface area contributed by atoms with Crippen LogP contribution in [0.5, 0.6) is 0 Å². The van der Waals surface area contributed by atoms with Gasteiger partial charge in [0.1, 0.15) is 0 Å². The lowest BCUT2D eigenvalue weighted by molar-refractivity contribution is -0.0721. The Bertz CT molecular complexity index is 837. The molecule has 4 aliphatic carbocycles. The van der Waals surface area contributed by atoms with Crippen molar-refractivity contribution < 1.29 is 14.7 Å². The molecule has 0 saturated heterocycles. The van der Waals surface area contributed by atoms with Crippen LogP contribution in [-0.2, 0) is 13.0 Å². The van der Waals surface area contributed by atoms with Crippen LogP contribution in [0.15, 0.2) is 16.2 Å². The van der Waals surface area contributed by atoms with Crippen LogP contribution in [0.3, 0.4) is 0 Å². The van der Waals surface area contributed by atoms with E-state index in [1.54, 1.807) is 5.57 Å². The van der Waals surface area contributed by atoms with Gasteiger partial charge in [0.15, 0.2) is 5.82 Å². The van der Waals surface area contributed by atoms with Gasteiger partial charge in [-0.25, -0.2) is 0 Å². The first-order valence-electron chi connectivity index (χ1n) is 11.9. The molecule has 3 saturated carbocycles. The Morgan fingerprint density at radius 3 is 2.68 bits per heavy atom. The fourth-order valence-corrected chi connectivity index (χ4v) is 7.13. The number of aliphatic hydroxyl groups is 2. The minimum absolute atomic E-state index is 0.0200. The van der Waals surface area contributed by atoms with Gasteiger partial charge >= 0.3 is 0 Å². The Balaban J connectivity index is 0.000000196. The Hall–Kier alpha value is -1.57. The van der Waals surface area contributed by atoms with E-state index in [0.29, 0.717) is 23.6 Å². The molecule has 6 atom stereocenters. The molecule has 4 aliphatic rings. The average molecular weight is 431 g/mol. The minimum atomic E-state index is -0.0623. The topological polar surface area (TPSA) is 129 Å². The van der Waals surface area contributed by atoms with Gasteiger partial charge in [-0.3, -0.25) is 0 Å². The molecule has 1 aromatic heterocycles. The fourth-order valence-electron chi connectivity index (χ4n) is 7.13. The molecule has 1 heterocycles. The van der Waals surface area contributed by atoms with Crippen LogP contribution in [0.25, 0.3) is 0 Å². The standard InChI is InChI=1S/C19H29NO.C5H9N3O2/c1-18-9-7-13(20)11-12(18)3-4-14-15-5-6-17(21)19(15,2)10-8-16(14)18;6-3-4-7-5(1-2-9)10-8-4/h11,14-17,20-21H,3-10H2,1-2H3;9H,1-3,6H2/t14?,15?,16?,17?,18-,19?;/m0./s1. The van der Waals surface area contributed by atoms with Crippen LogP contribution >= 0.6 is 0 Å². The first kappa shape index (κ1) is 22.6. The molecule has 0 aromatic carbocycles. The van der Waals surface area contributed by atoms with Crippen LogP contribution < -0.4 is 5.73 Å². The van der Waals surface area contributed by atoms with Gasteiger partial charge in [-0.2, -0.15) is 4.98 Å².